The molecule has 0 atom stereocenters. The Morgan fingerprint density at radius 3 is 2.87 bits per heavy atom. The lowest BCUT2D eigenvalue weighted by molar-refractivity contribution is 1.03. The number of hydrogen-bond acceptors (Lipinski definition) is 4. The van der Waals surface area contributed by atoms with Gasteiger partial charge in [0.05, 0.1) is 17.9 Å². The van der Waals surface area contributed by atoms with E-state index in [0.29, 0.717) is 5.65 Å². The summed E-state index contributed by atoms with van der Waals surface area (Å²) in [5.74, 6) is 0.763. The zero-order chi connectivity index (χ0) is 10.1. The third kappa shape index (κ3) is 1.34. The van der Waals surface area contributed by atoms with E-state index < -0.39 is 0 Å². The quantitative estimate of drug-likeness (QED) is 0.640. The van der Waals surface area contributed by atoms with Crippen LogP contribution in [0.3, 0.4) is 0 Å². The van der Waals surface area contributed by atoms with E-state index in [0.717, 1.165) is 16.9 Å². The summed E-state index contributed by atoms with van der Waals surface area (Å²) < 4.78 is 0. The van der Waals surface area contributed by atoms with Crippen molar-refractivity contribution in [2.45, 2.75) is 0 Å². The molecule has 0 aromatic carbocycles. The minimum atomic E-state index is 0.712. The first-order valence-corrected chi connectivity index (χ1v) is 4.51. The van der Waals surface area contributed by atoms with Gasteiger partial charge in [0.15, 0.2) is 5.65 Å². The third-order valence-electron chi connectivity index (χ3n) is 2.12. The summed E-state index contributed by atoms with van der Waals surface area (Å²) >= 11 is 0. The molecule has 0 aliphatic heterocycles. The van der Waals surface area contributed by atoms with Crippen molar-refractivity contribution in [3.63, 3.8) is 0 Å². The summed E-state index contributed by atoms with van der Waals surface area (Å²) in [6.07, 6.45) is 5.02. The lowest BCUT2D eigenvalue weighted by atomic mass is 10.3. The second-order valence-corrected chi connectivity index (χ2v) is 3.09. The number of nitrogens with one attached hydrogen (secondary N) is 1. The van der Waals surface area contributed by atoms with Gasteiger partial charge in [0.1, 0.15) is 5.82 Å². The largest absolute Gasteiger partial charge is 0.337 e. The number of H-pyrrole nitrogens is 1. The van der Waals surface area contributed by atoms with Crippen LogP contribution in [0.25, 0.3) is 22.6 Å². The van der Waals surface area contributed by atoms with E-state index in [1.807, 2.05) is 18.2 Å². The molecule has 3 aromatic heterocycles. The van der Waals surface area contributed by atoms with Crippen molar-refractivity contribution in [2.24, 2.45) is 0 Å². The second-order valence-electron chi connectivity index (χ2n) is 3.09. The first-order valence-electron chi connectivity index (χ1n) is 4.51. The average molecular weight is 197 g/mol. The Labute approximate surface area is 85.2 Å². The number of rotatable bonds is 1. The maximum absolute atomic E-state index is 4.35. The molecule has 0 spiro atoms. The molecule has 0 radical (unpaired) electrons. The summed E-state index contributed by atoms with van der Waals surface area (Å²) in [6, 6.07) is 5.66. The molecule has 3 aromatic rings. The number of pyridine rings is 1. The Bertz CT molecular complexity index is 554. The van der Waals surface area contributed by atoms with Gasteiger partial charge in [-0.25, -0.2) is 9.97 Å². The highest BCUT2D eigenvalue weighted by Gasteiger charge is 2.04. The van der Waals surface area contributed by atoms with Crippen molar-refractivity contribution >= 4 is 11.2 Å². The zero-order valence-corrected chi connectivity index (χ0v) is 7.75. The van der Waals surface area contributed by atoms with Gasteiger partial charge < -0.3 is 4.98 Å². The number of nitrogens with zero attached hydrogens (tertiary/aromatic N) is 4. The normalized spacial score (nSPS) is 10.7. The molecule has 0 saturated carbocycles. The van der Waals surface area contributed by atoms with Crippen LogP contribution in [0.4, 0.5) is 0 Å². The average Bonchev–Trinajstić information content (AvgIpc) is 2.74. The van der Waals surface area contributed by atoms with Gasteiger partial charge in [-0.05, 0) is 18.2 Å². The molecule has 0 aliphatic carbocycles. The molecule has 0 amide bonds. The Morgan fingerprint density at radius 1 is 1.07 bits per heavy atom. The van der Waals surface area contributed by atoms with Crippen LogP contribution in [-0.2, 0) is 0 Å². The summed E-state index contributed by atoms with van der Waals surface area (Å²) in [7, 11) is 0. The number of imidazole rings is 1. The van der Waals surface area contributed by atoms with E-state index in [9.17, 15) is 0 Å². The van der Waals surface area contributed by atoms with Crippen LogP contribution in [0.15, 0.2) is 36.8 Å². The van der Waals surface area contributed by atoms with E-state index >= 15 is 0 Å². The van der Waals surface area contributed by atoms with Crippen LogP contribution >= 0.6 is 0 Å². The van der Waals surface area contributed by atoms with Crippen LogP contribution in [0.1, 0.15) is 0 Å². The number of fused-ring (bicyclic) bond motifs is 1. The Balaban J connectivity index is 2.21. The van der Waals surface area contributed by atoms with Crippen LogP contribution in [-0.4, -0.2) is 25.1 Å². The molecule has 0 bridgehead atoms. The summed E-state index contributed by atoms with van der Waals surface area (Å²) in [4.78, 5) is 11.7. The maximum atomic E-state index is 4.35. The molecule has 0 fully saturated rings. The van der Waals surface area contributed by atoms with E-state index in [4.69, 9.17) is 0 Å². The molecule has 5 heteroatoms. The number of aromatic amines is 1. The molecule has 5 nitrogen and oxygen atoms in total. The Hall–Kier alpha value is -2.30. The van der Waals surface area contributed by atoms with Crippen molar-refractivity contribution in [2.75, 3.05) is 0 Å². The SMILES string of the molecule is c1cnc2nc(-c3ccnnc3)[nH]c2c1. The lowest BCUT2D eigenvalue weighted by Crippen LogP contribution is -1.83. The molecule has 3 heterocycles. The van der Waals surface area contributed by atoms with Gasteiger partial charge in [-0.2, -0.15) is 10.2 Å². The molecule has 0 aliphatic rings. The fourth-order valence-electron chi connectivity index (χ4n) is 1.41. The lowest BCUT2D eigenvalue weighted by Gasteiger charge is -1.91. The summed E-state index contributed by atoms with van der Waals surface area (Å²) in [5, 5.41) is 7.52. The van der Waals surface area contributed by atoms with Gasteiger partial charge in [-0.1, -0.05) is 0 Å². The molecule has 0 saturated heterocycles. The first-order chi connectivity index (χ1) is 7.43. The Morgan fingerprint density at radius 2 is 2.07 bits per heavy atom. The van der Waals surface area contributed by atoms with Crippen molar-refractivity contribution in [3.05, 3.63) is 36.8 Å². The highest BCUT2D eigenvalue weighted by Crippen LogP contribution is 2.16. The second kappa shape index (κ2) is 3.13. The van der Waals surface area contributed by atoms with E-state index in [1.165, 1.54) is 0 Å². The molecular formula is C10H7N5. The molecule has 72 valence electrons. The van der Waals surface area contributed by atoms with Gasteiger partial charge in [0.2, 0.25) is 0 Å². The van der Waals surface area contributed by atoms with Crippen molar-refractivity contribution in [1.29, 1.82) is 0 Å². The minimum absolute atomic E-state index is 0.712. The van der Waals surface area contributed by atoms with Gasteiger partial charge in [-0.15, -0.1) is 0 Å². The standard InChI is InChI=1S/C10H7N5/c1-2-8-10(11-4-1)15-9(14-8)7-3-5-12-13-6-7/h1-6H,(H,11,14,15). The van der Waals surface area contributed by atoms with Gasteiger partial charge in [-0.3, -0.25) is 0 Å². The van der Waals surface area contributed by atoms with Gasteiger partial charge in [0, 0.05) is 11.8 Å². The Kier molecular flexibility index (Phi) is 1.68. The molecular weight excluding hydrogens is 190 g/mol. The van der Waals surface area contributed by atoms with Gasteiger partial charge >= 0.3 is 0 Å². The highest BCUT2D eigenvalue weighted by molar-refractivity contribution is 5.75. The third-order valence-corrected chi connectivity index (χ3v) is 2.12. The smallest absolute Gasteiger partial charge is 0.178 e. The maximum Gasteiger partial charge on any atom is 0.178 e. The summed E-state index contributed by atoms with van der Waals surface area (Å²) in [5.41, 5.74) is 2.54. The van der Waals surface area contributed by atoms with Crippen molar-refractivity contribution in [3.8, 4) is 11.4 Å². The molecule has 15 heavy (non-hydrogen) atoms. The zero-order valence-electron chi connectivity index (χ0n) is 7.75. The van der Waals surface area contributed by atoms with E-state index in [1.54, 1.807) is 18.6 Å². The fraction of sp³-hybridized carbons (Fsp3) is 0. The number of hydrogen-bond donors (Lipinski definition) is 1. The van der Waals surface area contributed by atoms with Crippen LogP contribution in [0.2, 0.25) is 0 Å². The van der Waals surface area contributed by atoms with Crippen LogP contribution in [0, 0.1) is 0 Å². The fourth-order valence-corrected chi connectivity index (χ4v) is 1.41. The first kappa shape index (κ1) is 8.05. The van der Waals surface area contributed by atoms with Crippen LogP contribution in [0.5, 0.6) is 0 Å². The molecule has 1 N–H and O–H groups in total. The number of aromatic nitrogens is 5. The topological polar surface area (TPSA) is 67.3 Å². The predicted octanol–water partition coefficient (Wildman–Crippen LogP) is 1.41. The molecule has 0 unspecified atom stereocenters. The predicted molar refractivity (Wildman–Crippen MR) is 54.9 cm³/mol. The van der Waals surface area contributed by atoms with Crippen molar-refractivity contribution < 1.29 is 0 Å². The monoisotopic (exact) mass is 197 g/mol. The highest BCUT2D eigenvalue weighted by atomic mass is 15.1. The minimum Gasteiger partial charge on any atom is -0.337 e. The van der Waals surface area contributed by atoms with Crippen molar-refractivity contribution in [1.82, 2.24) is 25.1 Å². The van der Waals surface area contributed by atoms with Gasteiger partial charge in [0.25, 0.3) is 0 Å². The van der Waals surface area contributed by atoms with E-state index in [2.05, 4.69) is 25.1 Å². The summed E-state index contributed by atoms with van der Waals surface area (Å²) in [6.45, 7) is 0. The van der Waals surface area contributed by atoms with Crippen LogP contribution < -0.4 is 0 Å². The molecule has 3 rings (SSSR count). The van der Waals surface area contributed by atoms with E-state index in [-0.39, 0.29) is 0 Å².